The van der Waals surface area contributed by atoms with E-state index in [4.69, 9.17) is 0 Å². The number of sulfonamides is 1. The fraction of sp³-hybridized carbons (Fsp3) is 0.643. The molecule has 2 aromatic heterocycles. The first-order valence-corrected chi connectivity index (χ1v) is 10.3. The van der Waals surface area contributed by atoms with Crippen molar-refractivity contribution in [2.24, 2.45) is 7.05 Å². The largest absolute Gasteiger partial charge is 0.366 e. The summed E-state index contributed by atoms with van der Waals surface area (Å²) in [5.41, 5.74) is 0.758. The van der Waals surface area contributed by atoms with Gasteiger partial charge < -0.3 is 5.32 Å². The number of fused-ring (bicyclic) bond motifs is 1. The van der Waals surface area contributed by atoms with Gasteiger partial charge in [0.05, 0.1) is 10.6 Å². The second-order valence-corrected chi connectivity index (χ2v) is 9.36. The highest BCUT2D eigenvalue weighted by Crippen LogP contribution is 2.33. The number of aromatic nitrogens is 4. The lowest BCUT2D eigenvalue weighted by atomic mass is 10.1. The fourth-order valence-corrected chi connectivity index (χ4v) is 5.65. The molecule has 130 valence electrons. The van der Waals surface area contributed by atoms with Gasteiger partial charge in [-0.25, -0.2) is 27.4 Å². The minimum atomic E-state index is -3.06. The zero-order valence-electron chi connectivity index (χ0n) is 13.3. The van der Waals surface area contributed by atoms with Crippen molar-refractivity contribution in [2.45, 2.75) is 37.0 Å². The molecule has 0 unspecified atom stereocenters. The van der Waals surface area contributed by atoms with Crippen molar-refractivity contribution in [3.63, 3.8) is 0 Å². The topological polar surface area (TPSA) is 93.0 Å². The number of aryl methyl sites for hydroxylation is 1. The predicted molar refractivity (Wildman–Crippen MR) is 94.2 cm³/mol. The van der Waals surface area contributed by atoms with Crippen LogP contribution in [-0.2, 0) is 17.1 Å². The van der Waals surface area contributed by atoms with Gasteiger partial charge in [-0.2, -0.15) is 5.10 Å². The van der Waals surface area contributed by atoms with Crippen LogP contribution in [-0.4, -0.2) is 56.9 Å². The van der Waals surface area contributed by atoms with E-state index in [0.29, 0.717) is 17.7 Å². The van der Waals surface area contributed by atoms with Crippen LogP contribution in [0.5, 0.6) is 0 Å². The molecule has 1 N–H and O–H groups in total. The van der Waals surface area contributed by atoms with Crippen molar-refractivity contribution >= 4 is 42.8 Å². The second kappa shape index (κ2) is 5.92. The molecule has 1 saturated heterocycles. The molecule has 1 aliphatic carbocycles. The highest BCUT2D eigenvalue weighted by molar-refractivity contribution is 9.10. The number of halogens is 1. The average Bonchev–Trinajstić information content (AvgIpc) is 3.36. The smallest absolute Gasteiger partial charge is 0.216 e. The van der Waals surface area contributed by atoms with Gasteiger partial charge in [0.15, 0.2) is 5.65 Å². The highest BCUT2D eigenvalue weighted by atomic mass is 79.9. The standard InChI is InChI=1S/C14H19BrN6O2S/c1-20-14-11(12(15)19-20)13(16-8-17-14)18-9-4-6-21(7-5-9)24(22,23)10-2-3-10/h8-10H,2-7H2,1H3,(H,16,17,18). The van der Waals surface area contributed by atoms with Crippen molar-refractivity contribution in [3.05, 3.63) is 10.9 Å². The first-order valence-electron chi connectivity index (χ1n) is 8.05. The van der Waals surface area contributed by atoms with E-state index < -0.39 is 10.0 Å². The molecule has 8 nitrogen and oxygen atoms in total. The molecule has 2 fully saturated rings. The van der Waals surface area contributed by atoms with Crippen LogP contribution in [0.25, 0.3) is 11.0 Å². The number of hydrogen-bond acceptors (Lipinski definition) is 6. The summed E-state index contributed by atoms with van der Waals surface area (Å²) in [6.45, 7) is 1.14. The molecule has 0 radical (unpaired) electrons. The van der Waals surface area contributed by atoms with Gasteiger partial charge in [0.2, 0.25) is 10.0 Å². The summed E-state index contributed by atoms with van der Waals surface area (Å²) in [7, 11) is -1.23. The van der Waals surface area contributed by atoms with Crippen LogP contribution in [0.3, 0.4) is 0 Å². The Morgan fingerprint density at radius 1 is 1.21 bits per heavy atom. The van der Waals surface area contributed by atoms with Crippen LogP contribution in [0.2, 0.25) is 0 Å². The van der Waals surface area contributed by atoms with Crippen LogP contribution in [0.15, 0.2) is 10.9 Å². The third-order valence-electron chi connectivity index (χ3n) is 4.68. The summed E-state index contributed by atoms with van der Waals surface area (Å²) in [5, 5.41) is 8.48. The molecule has 10 heteroatoms. The highest BCUT2D eigenvalue weighted by Gasteiger charge is 2.41. The molecule has 2 aromatic rings. The van der Waals surface area contributed by atoms with Crippen LogP contribution in [0, 0.1) is 0 Å². The Balaban J connectivity index is 1.48. The third kappa shape index (κ3) is 2.80. The second-order valence-electron chi connectivity index (χ2n) is 6.40. The van der Waals surface area contributed by atoms with Crippen LogP contribution in [0.4, 0.5) is 5.82 Å². The molecule has 24 heavy (non-hydrogen) atoms. The summed E-state index contributed by atoms with van der Waals surface area (Å²) in [5.74, 6) is 0.739. The van der Waals surface area contributed by atoms with Crippen molar-refractivity contribution in [1.29, 1.82) is 0 Å². The van der Waals surface area contributed by atoms with Gasteiger partial charge in [-0.05, 0) is 41.6 Å². The maximum absolute atomic E-state index is 12.3. The molecule has 0 atom stereocenters. The van der Waals surface area contributed by atoms with Crippen LogP contribution < -0.4 is 5.32 Å². The monoisotopic (exact) mass is 414 g/mol. The van der Waals surface area contributed by atoms with Gasteiger partial charge in [0.25, 0.3) is 0 Å². The fourth-order valence-electron chi connectivity index (χ4n) is 3.17. The number of piperidine rings is 1. The summed E-state index contributed by atoms with van der Waals surface area (Å²) in [4.78, 5) is 8.60. The Morgan fingerprint density at radius 3 is 2.58 bits per heavy atom. The van der Waals surface area contributed by atoms with Gasteiger partial charge in [-0.3, -0.25) is 0 Å². The van der Waals surface area contributed by atoms with E-state index in [9.17, 15) is 8.42 Å². The Hall–Kier alpha value is -1.26. The van der Waals surface area contributed by atoms with E-state index in [0.717, 1.165) is 42.5 Å². The molecular formula is C14H19BrN6O2S. The molecule has 4 rings (SSSR count). The van der Waals surface area contributed by atoms with Gasteiger partial charge in [0, 0.05) is 26.2 Å². The van der Waals surface area contributed by atoms with E-state index in [-0.39, 0.29) is 11.3 Å². The maximum atomic E-state index is 12.3. The number of nitrogens with one attached hydrogen (secondary N) is 1. The van der Waals surface area contributed by atoms with Crippen LogP contribution in [0.1, 0.15) is 25.7 Å². The minimum absolute atomic E-state index is 0.130. The summed E-state index contributed by atoms with van der Waals surface area (Å²) in [6.07, 6.45) is 4.69. The zero-order valence-corrected chi connectivity index (χ0v) is 15.7. The lowest BCUT2D eigenvalue weighted by Gasteiger charge is -2.32. The molecule has 0 aromatic carbocycles. The van der Waals surface area contributed by atoms with Gasteiger partial charge in [-0.15, -0.1) is 0 Å². The molecule has 1 aliphatic heterocycles. The number of anilines is 1. The zero-order chi connectivity index (χ0) is 16.9. The van der Waals surface area contributed by atoms with Gasteiger partial charge in [0.1, 0.15) is 16.7 Å². The van der Waals surface area contributed by atoms with E-state index in [1.165, 1.54) is 6.33 Å². The third-order valence-corrected chi connectivity index (χ3v) is 7.63. The Morgan fingerprint density at radius 2 is 1.92 bits per heavy atom. The van der Waals surface area contributed by atoms with Crippen molar-refractivity contribution in [2.75, 3.05) is 18.4 Å². The van der Waals surface area contributed by atoms with E-state index in [1.54, 1.807) is 8.99 Å². The van der Waals surface area contributed by atoms with E-state index in [1.807, 2.05) is 7.05 Å². The average molecular weight is 415 g/mol. The predicted octanol–water partition coefficient (Wildman–Crippen LogP) is 1.49. The van der Waals surface area contributed by atoms with E-state index >= 15 is 0 Å². The summed E-state index contributed by atoms with van der Waals surface area (Å²) < 4.78 is 28.7. The molecule has 0 spiro atoms. The first kappa shape index (κ1) is 16.2. The Bertz CT molecular complexity index is 871. The minimum Gasteiger partial charge on any atom is -0.366 e. The Kier molecular flexibility index (Phi) is 4.00. The lowest BCUT2D eigenvalue weighted by Crippen LogP contribution is -2.43. The van der Waals surface area contributed by atoms with Crippen LogP contribution >= 0.6 is 15.9 Å². The van der Waals surface area contributed by atoms with Crippen molar-refractivity contribution in [1.82, 2.24) is 24.1 Å². The number of hydrogen-bond donors (Lipinski definition) is 1. The van der Waals surface area contributed by atoms with Crippen molar-refractivity contribution < 1.29 is 8.42 Å². The number of nitrogens with zero attached hydrogens (tertiary/aromatic N) is 5. The van der Waals surface area contributed by atoms with Gasteiger partial charge >= 0.3 is 0 Å². The normalized spacial score (nSPS) is 20.6. The van der Waals surface area contributed by atoms with Crippen molar-refractivity contribution in [3.8, 4) is 0 Å². The quantitative estimate of drug-likeness (QED) is 0.814. The van der Waals surface area contributed by atoms with E-state index in [2.05, 4.69) is 36.3 Å². The summed E-state index contributed by atoms with van der Waals surface area (Å²) >= 11 is 3.45. The first-order chi connectivity index (χ1) is 11.5. The molecule has 3 heterocycles. The molecule has 2 aliphatic rings. The maximum Gasteiger partial charge on any atom is 0.216 e. The molecular weight excluding hydrogens is 396 g/mol. The molecule has 0 amide bonds. The Labute approximate surface area is 148 Å². The lowest BCUT2D eigenvalue weighted by molar-refractivity contribution is 0.329. The number of rotatable bonds is 4. The molecule has 0 bridgehead atoms. The molecule has 1 saturated carbocycles. The van der Waals surface area contributed by atoms with Gasteiger partial charge in [-0.1, -0.05) is 0 Å². The summed E-state index contributed by atoms with van der Waals surface area (Å²) in [6, 6.07) is 0.195. The SMILES string of the molecule is Cn1nc(Br)c2c(NC3CCN(S(=O)(=O)C4CC4)CC3)ncnc21.